The van der Waals surface area contributed by atoms with Crippen molar-refractivity contribution in [1.29, 1.82) is 0 Å². The van der Waals surface area contributed by atoms with Crippen LogP contribution in [0.15, 0.2) is 109 Å². The van der Waals surface area contributed by atoms with Gasteiger partial charge in [0.1, 0.15) is 11.5 Å². The SMILES string of the molecule is COc1ccc(CN(Cc2ccc(OC)cc2)Cc2c(C(F)(F)F)ccc(-c3ccc(C4CCNCC4)cc3)c2-c2nnn(Cc3ccc(C)cc3)n2)cc1. The summed E-state index contributed by atoms with van der Waals surface area (Å²) >= 11 is 0. The number of aromatic nitrogens is 4. The number of halogens is 3. The van der Waals surface area contributed by atoms with Gasteiger partial charge < -0.3 is 14.8 Å². The van der Waals surface area contributed by atoms with Crippen LogP contribution in [-0.2, 0) is 32.4 Å². The molecule has 1 saturated heterocycles. The highest BCUT2D eigenvalue weighted by atomic mass is 19.4. The van der Waals surface area contributed by atoms with Crippen LogP contribution < -0.4 is 14.8 Å². The van der Waals surface area contributed by atoms with Crippen molar-refractivity contribution in [2.45, 2.75) is 58.0 Å². The molecule has 1 fully saturated rings. The lowest BCUT2D eigenvalue weighted by atomic mass is 9.87. The fourth-order valence-corrected chi connectivity index (χ4v) is 7.30. The Hall–Kier alpha value is -5.52. The van der Waals surface area contributed by atoms with Crippen molar-refractivity contribution < 1.29 is 22.6 Å². The molecule has 8 nitrogen and oxygen atoms in total. The predicted octanol–water partition coefficient (Wildman–Crippen LogP) is 9.07. The summed E-state index contributed by atoms with van der Waals surface area (Å²) in [6, 6.07) is 34.1. The molecule has 0 amide bonds. The molecule has 5 aromatic carbocycles. The molecular weight excluding hydrogens is 702 g/mol. The molecule has 55 heavy (non-hydrogen) atoms. The van der Waals surface area contributed by atoms with E-state index in [1.807, 2.05) is 96.8 Å². The molecule has 0 aliphatic carbocycles. The fourth-order valence-electron chi connectivity index (χ4n) is 7.30. The molecule has 2 heterocycles. The van der Waals surface area contributed by atoms with Crippen LogP contribution in [0.25, 0.3) is 22.5 Å². The van der Waals surface area contributed by atoms with Crippen LogP contribution in [0.5, 0.6) is 11.5 Å². The zero-order valence-electron chi connectivity index (χ0n) is 31.3. The number of tetrazole rings is 1. The number of piperidine rings is 1. The number of nitrogens with zero attached hydrogens (tertiary/aromatic N) is 5. The minimum absolute atomic E-state index is 0.0459. The van der Waals surface area contributed by atoms with Crippen molar-refractivity contribution in [2.75, 3.05) is 27.3 Å². The quantitative estimate of drug-likeness (QED) is 0.126. The molecule has 7 rings (SSSR count). The molecule has 6 aromatic rings. The van der Waals surface area contributed by atoms with E-state index in [-0.39, 0.29) is 17.9 Å². The maximum atomic E-state index is 15.2. The number of alkyl halides is 3. The number of benzene rings is 5. The third kappa shape index (κ3) is 9.24. The molecule has 1 aliphatic rings. The molecule has 0 spiro atoms. The predicted molar refractivity (Wildman–Crippen MR) is 208 cm³/mol. The zero-order valence-corrected chi connectivity index (χ0v) is 31.3. The van der Waals surface area contributed by atoms with Gasteiger partial charge in [-0.15, -0.1) is 10.2 Å². The second kappa shape index (κ2) is 16.9. The Labute approximate surface area is 319 Å². The molecule has 1 aromatic heterocycles. The normalized spacial score (nSPS) is 13.7. The third-order valence-electron chi connectivity index (χ3n) is 10.3. The summed E-state index contributed by atoms with van der Waals surface area (Å²) in [5.74, 6) is 1.97. The number of aryl methyl sites for hydroxylation is 1. The van der Waals surface area contributed by atoms with Gasteiger partial charge in [0.2, 0.25) is 5.82 Å². The molecule has 11 heteroatoms. The molecule has 284 valence electrons. The van der Waals surface area contributed by atoms with Crippen molar-refractivity contribution in [3.8, 4) is 34.0 Å². The summed E-state index contributed by atoms with van der Waals surface area (Å²) in [4.78, 5) is 3.46. The summed E-state index contributed by atoms with van der Waals surface area (Å²) in [5, 5.41) is 17.0. The topological polar surface area (TPSA) is 77.3 Å². The summed E-state index contributed by atoms with van der Waals surface area (Å²) in [5.41, 5.74) is 6.23. The van der Waals surface area contributed by atoms with Crippen molar-refractivity contribution in [3.63, 3.8) is 0 Å². The van der Waals surface area contributed by atoms with Gasteiger partial charge in [0.05, 0.1) is 26.3 Å². The van der Waals surface area contributed by atoms with E-state index in [0.717, 1.165) is 53.7 Å². The number of rotatable bonds is 13. The molecule has 0 unspecified atom stereocenters. The standard InChI is InChI=1S/C44H45F3N6O2/c1-30-4-6-33(7-5-30)28-53-50-43(49-51-53)42-39(36-14-12-34(13-15-36)35-22-24-48-25-23-35)20-21-41(44(45,46)47)40(42)29-52(26-31-8-16-37(54-2)17-9-31)27-32-10-18-38(55-3)19-11-32/h4-21,35,48H,22-29H2,1-3H3. The van der Waals surface area contributed by atoms with Crippen molar-refractivity contribution in [3.05, 3.63) is 148 Å². The van der Waals surface area contributed by atoms with E-state index in [4.69, 9.17) is 14.6 Å². The van der Waals surface area contributed by atoms with Gasteiger partial charge in [0.25, 0.3) is 0 Å². The first-order valence-electron chi connectivity index (χ1n) is 18.5. The lowest BCUT2D eigenvalue weighted by Gasteiger charge is -2.27. The van der Waals surface area contributed by atoms with E-state index in [2.05, 4.69) is 27.8 Å². The summed E-state index contributed by atoms with van der Waals surface area (Å²) in [6.45, 7) is 4.96. The van der Waals surface area contributed by atoms with Gasteiger partial charge in [0, 0.05) is 25.2 Å². The Morgan fingerprint density at radius 1 is 0.727 bits per heavy atom. The second-order valence-corrected chi connectivity index (χ2v) is 14.1. The van der Waals surface area contributed by atoms with E-state index < -0.39 is 11.7 Å². The van der Waals surface area contributed by atoms with Crippen LogP contribution in [0.1, 0.15) is 57.7 Å². The van der Waals surface area contributed by atoms with Gasteiger partial charge in [-0.05, 0) is 113 Å². The average molecular weight is 747 g/mol. The van der Waals surface area contributed by atoms with Gasteiger partial charge in [0.15, 0.2) is 0 Å². The van der Waals surface area contributed by atoms with Crippen LogP contribution in [0, 0.1) is 6.92 Å². The number of ether oxygens (including phenoxy) is 2. The van der Waals surface area contributed by atoms with E-state index in [9.17, 15) is 0 Å². The highest BCUT2D eigenvalue weighted by molar-refractivity contribution is 5.84. The van der Waals surface area contributed by atoms with Crippen LogP contribution >= 0.6 is 0 Å². The van der Waals surface area contributed by atoms with E-state index >= 15 is 13.2 Å². The summed E-state index contributed by atoms with van der Waals surface area (Å²) in [7, 11) is 3.20. The van der Waals surface area contributed by atoms with Gasteiger partial charge in [-0.1, -0.05) is 84.4 Å². The minimum atomic E-state index is -4.65. The number of methoxy groups -OCH3 is 2. The molecule has 1 N–H and O–H groups in total. The monoisotopic (exact) mass is 746 g/mol. The van der Waals surface area contributed by atoms with Gasteiger partial charge in [-0.25, -0.2) is 0 Å². The first-order valence-corrected chi connectivity index (χ1v) is 18.5. The average Bonchev–Trinajstić information content (AvgIpc) is 3.67. The smallest absolute Gasteiger partial charge is 0.416 e. The Morgan fingerprint density at radius 2 is 1.31 bits per heavy atom. The zero-order chi connectivity index (χ0) is 38.4. The fraction of sp³-hybridized carbons (Fsp3) is 0.295. The number of hydrogen-bond donors (Lipinski definition) is 1. The Kier molecular flexibility index (Phi) is 11.6. The Balaban J connectivity index is 1.35. The molecular formula is C44H45F3N6O2. The van der Waals surface area contributed by atoms with Crippen LogP contribution in [0.4, 0.5) is 13.2 Å². The number of hydrogen-bond acceptors (Lipinski definition) is 7. The molecule has 0 saturated carbocycles. The second-order valence-electron chi connectivity index (χ2n) is 14.1. The maximum Gasteiger partial charge on any atom is 0.416 e. The van der Waals surface area contributed by atoms with Gasteiger partial charge in [-0.3, -0.25) is 4.90 Å². The largest absolute Gasteiger partial charge is 0.497 e. The van der Waals surface area contributed by atoms with Crippen LogP contribution in [0.3, 0.4) is 0 Å². The van der Waals surface area contributed by atoms with Crippen LogP contribution in [0.2, 0.25) is 0 Å². The molecule has 0 radical (unpaired) electrons. The van der Waals surface area contributed by atoms with E-state index in [1.165, 1.54) is 16.4 Å². The minimum Gasteiger partial charge on any atom is -0.497 e. The first-order chi connectivity index (χ1) is 26.7. The number of nitrogens with one attached hydrogen (secondary N) is 1. The lowest BCUT2D eigenvalue weighted by molar-refractivity contribution is -0.138. The maximum absolute atomic E-state index is 15.2. The molecule has 1 aliphatic heterocycles. The van der Waals surface area contributed by atoms with E-state index in [1.54, 1.807) is 20.3 Å². The van der Waals surface area contributed by atoms with Gasteiger partial charge in [-0.2, -0.15) is 18.0 Å². The highest BCUT2D eigenvalue weighted by Crippen LogP contribution is 2.42. The highest BCUT2D eigenvalue weighted by Gasteiger charge is 2.37. The van der Waals surface area contributed by atoms with E-state index in [0.29, 0.717) is 48.2 Å². The Bertz CT molecular complexity index is 2110. The van der Waals surface area contributed by atoms with Crippen molar-refractivity contribution in [2.24, 2.45) is 0 Å². The van der Waals surface area contributed by atoms with Crippen molar-refractivity contribution >= 4 is 0 Å². The first kappa shape index (κ1) is 37.8. The van der Waals surface area contributed by atoms with Crippen LogP contribution in [-0.4, -0.2) is 52.4 Å². The Morgan fingerprint density at radius 3 is 1.87 bits per heavy atom. The van der Waals surface area contributed by atoms with Gasteiger partial charge >= 0.3 is 6.18 Å². The molecule has 0 atom stereocenters. The van der Waals surface area contributed by atoms with Crippen molar-refractivity contribution in [1.82, 2.24) is 30.4 Å². The lowest BCUT2D eigenvalue weighted by Crippen LogP contribution is -2.26. The summed E-state index contributed by atoms with van der Waals surface area (Å²) in [6.07, 6.45) is -2.56. The summed E-state index contributed by atoms with van der Waals surface area (Å²) < 4.78 is 56.4. The third-order valence-corrected chi connectivity index (χ3v) is 10.3. The molecule has 0 bridgehead atoms.